The third-order valence-corrected chi connectivity index (χ3v) is 3.07. The van der Waals surface area contributed by atoms with E-state index in [0.29, 0.717) is 17.2 Å². The second kappa shape index (κ2) is 6.19. The van der Waals surface area contributed by atoms with Gasteiger partial charge in [-0.3, -0.25) is 0 Å². The van der Waals surface area contributed by atoms with Gasteiger partial charge in [-0.05, 0) is 35.4 Å². The Kier molecular flexibility index (Phi) is 4.35. The molecule has 0 saturated heterocycles. The fourth-order valence-corrected chi connectivity index (χ4v) is 2.05. The van der Waals surface area contributed by atoms with Gasteiger partial charge in [0.05, 0.1) is 28.4 Å². The summed E-state index contributed by atoms with van der Waals surface area (Å²) in [5, 5.41) is 0. The second-order valence-corrected chi connectivity index (χ2v) is 4.15. The van der Waals surface area contributed by atoms with Gasteiger partial charge in [-0.15, -0.1) is 0 Å². The minimum Gasteiger partial charge on any atom is -0.497 e. The molecule has 0 heterocycles. The highest BCUT2D eigenvalue weighted by atomic mass is 16.5. The van der Waals surface area contributed by atoms with Crippen molar-refractivity contribution in [3.05, 3.63) is 36.4 Å². The summed E-state index contributed by atoms with van der Waals surface area (Å²) in [6, 6.07) is 11.6. The zero-order valence-electron chi connectivity index (χ0n) is 12.1. The Balaban J connectivity index is 2.56. The molecule has 0 atom stereocenters. The summed E-state index contributed by atoms with van der Waals surface area (Å²) in [6.07, 6.45) is 0. The molecule has 0 saturated carbocycles. The van der Waals surface area contributed by atoms with Crippen molar-refractivity contribution >= 4 is 0 Å². The van der Waals surface area contributed by atoms with Gasteiger partial charge < -0.3 is 18.9 Å². The zero-order valence-corrected chi connectivity index (χ0v) is 12.1. The van der Waals surface area contributed by atoms with Gasteiger partial charge in [-0.2, -0.15) is 0 Å². The van der Waals surface area contributed by atoms with E-state index >= 15 is 0 Å². The zero-order chi connectivity index (χ0) is 14.5. The topological polar surface area (TPSA) is 36.9 Å². The smallest absolute Gasteiger partial charge is 0.203 e. The van der Waals surface area contributed by atoms with E-state index in [0.717, 1.165) is 16.9 Å². The van der Waals surface area contributed by atoms with Gasteiger partial charge in [0, 0.05) is 0 Å². The average Bonchev–Trinajstić information content (AvgIpc) is 2.53. The summed E-state index contributed by atoms with van der Waals surface area (Å²) in [4.78, 5) is 0. The van der Waals surface area contributed by atoms with Gasteiger partial charge in [0.1, 0.15) is 5.75 Å². The first-order chi connectivity index (χ1) is 9.73. The molecule has 0 aromatic heterocycles. The molecule has 0 bridgehead atoms. The van der Waals surface area contributed by atoms with Crippen LogP contribution < -0.4 is 18.9 Å². The minimum absolute atomic E-state index is 0.585. The summed E-state index contributed by atoms with van der Waals surface area (Å²) in [7, 11) is 6.44. The molecule has 106 valence electrons. The molecule has 0 radical (unpaired) electrons. The lowest BCUT2D eigenvalue weighted by Gasteiger charge is -2.14. The van der Waals surface area contributed by atoms with Crippen LogP contribution in [-0.2, 0) is 0 Å². The number of ether oxygens (including phenoxy) is 4. The van der Waals surface area contributed by atoms with Crippen molar-refractivity contribution in [2.75, 3.05) is 28.4 Å². The first kappa shape index (κ1) is 14.1. The van der Waals surface area contributed by atoms with E-state index in [2.05, 4.69) is 0 Å². The largest absolute Gasteiger partial charge is 0.497 e. The third kappa shape index (κ3) is 2.64. The van der Waals surface area contributed by atoms with E-state index in [9.17, 15) is 0 Å². The lowest BCUT2D eigenvalue weighted by molar-refractivity contribution is 0.324. The molecule has 0 fully saturated rings. The maximum absolute atomic E-state index is 5.36. The number of hydrogen-bond acceptors (Lipinski definition) is 4. The molecule has 4 nitrogen and oxygen atoms in total. The Labute approximate surface area is 118 Å². The lowest BCUT2D eigenvalue weighted by atomic mass is 10.0. The molecule has 2 rings (SSSR count). The van der Waals surface area contributed by atoms with E-state index in [4.69, 9.17) is 18.9 Å². The van der Waals surface area contributed by atoms with Crippen LogP contribution in [0.5, 0.6) is 23.0 Å². The maximum atomic E-state index is 5.36. The van der Waals surface area contributed by atoms with Gasteiger partial charge >= 0.3 is 0 Å². The van der Waals surface area contributed by atoms with Crippen molar-refractivity contribution in [1.29, 1.82) is 0 Å². The Morgan fingerprint density at radius 3 is 1.80 bits per heavy atom. The molecule has 0 aliphatic rings. The molecular weight excluding hydrogens is 256 g/mol. The molecule has 0 spiro atoms. The van der Waals surface area contributed by atoms with Crippen LogP contribution in [-0.4, -0.2) is 28.4 Å². The van der Waals surface area contributed by atoms with Gasteiger partial charge in [0.2, 0.25) is 5.75 Å². The van der Waals surface area contributed by atoms with E-state index < -0.39 is 0 Å². The molecule has 0 amide bonds. The van der Waals surface area contributed by atoms with Crippen molar-refractivity contribution in [2.45, 2.75) is 0 Å². The second-order valence-electron chi connectivity index (χ2n) is 4.15. The maximum Gasteiger partial charge on any atom is 0.203 e. The lowest BCUT2D eigenvalue weighted by Crippen LogP contribution is -1.95. The monoisotopic (exact) mass is 274 g/mol. The van der Waals surface area contributed by atoms with Crippen molar-refractivity contribution in [1.82, 2.24) is 0 Å². The molecule has 2 aromatic carbocycles. The molecule has 0 unspecified atom stereocenters. The molecule has 0 aliphatic heterocycles. The Morgan fingerprint density at radius 2 is 1.30 bits per heavy atom. The van der Waals surface area contributed by atoms with Crippen LogP contribution in [0.2, 0.25) is 0 Å². The average molecular weight is 274 g/mol. The fraction of sp³-hybridized carbons (Fsp3) is 0.250. The number of hydrogen-bond donors (Lipinski definition) is 0. The van der Waals surface area contributed by atoms with Crippen LogP contribution in [0.3, 0.4) is 0 Å². The van der Waals surface area contributed by atoms with Crippen LogP contribution >= 0.6 is 0 Å². The quantitative estimate of drug-likeness (QED) is 0.837. The van der Waals surface area contributed by atoms with Crippen LogP contribution in [0.15, 0.2) is 36.4 Å². The predicted molar refractivity (Wildman–Crippen MR) is 78.1 cm³/mol. The highest BCUT2D eigenvalue weighted by Crippen LogP contribution is 2.41. The van der Waals surface area contributed by atoms with Crippen molar-refractivity contribution < 1.29 is 18.9 Å². The summed E-state index contributed by atoms with van der Waals surface area (Å²) in [6.45, 7) is 0. The Hall–Kier alpha value is -2.36. The minimum atomic E-state index is 0.585. The van der Waals surface area contributed by atoms with E-state index in [1.165, 1.54) is 0 Å². The first-order valence-corrected chi connectivity index (χ1v) is 6.18. The highest BCUT2D eigenvalue weighted by molar-refractivity contribution is 5.72. The summed E-state index contributed by atoms with van der Waals surface area (Å²) in [5.41, 5.74) is 1.99. The third-order valence-electron chi connectivity index (χ3n) is 3.07. The SMILES string of the molecule is COc1cccc(-c2cc(OC)c(OC)c(OC)c2)c1. The molecule has 2 aromatic rings. The number of methoxy groups -OCH3 is 4. The summed E-state index contributed by atoms with van der Waals surface area (Å²) >= 11 is 0. The first-order valence-electron chi connectivity index (χ1n) is 6.18. The van der Waals surface area contributed by atoms with Crippen molar-refractivity contribution in [3.63, 3.8) is 0 Å². The van der Waals surface area contributed by atoms with Crippen LogP contribution in [0.4, 0.5) is 0 Å². The van der Waals surface area contributed by atoms with Crippen LogP contribution in [0.1, 0.15) is 0 Å². The Morgan fingerprint density at radius 1 is 0.650 bits per heavy atom. The van der Waals surface area contributed by atoms with E-state index in [1.807, 2.05) is 36.4 Å². The number of rotatable bonds is 5. The summed E-state index contributed by atoms with van der Waals surface area (Å²) in [5.74, 6) is 2.65. The molecule has 0 N–H and O–H groups in total. The molecular formula is C16H18O4. The number of benzene rings is 2. The highest BCUT2D eigenvalue weighted by Gasteiger charge is 2.14. The standard InChI is InChI=1S/C16H18O4/c1-17-13-7-5-6-11(8-13)12-9-14(18-2)16(20-4)15(10-12)19-3/h5-10H,1-4H3. The Bertz CT molecular complexity index is 568. The normalized spacial score (nSPS) is 10.0. The molecule has 20 heavy (non-hydrogen) atoms. The molecule has 0 aliphatic carbocycles. The van der Waals surface area contributed by atoms with Gasteiger partial charge in [-0.1, -0.05) is 12.1 Å². The van der Waals surface area contributed by atoms with Crippen molar-refractivity contribution in [2.24, 2.45) is 0 Å². The van der Waals surface area contributed by atoms with Crippen molar-refractivity contribution in [3.8, 4) is 34.1 Å². The van der Waals surface area contributed by atoms with Gasteiger partial charge in [0.15, 0.2) is 11.5 Å². The van der Waals surface area contributed by atoms with Crippen LogP contribution in [0.25, 0.3) is 11.1 Å². The molecule has 4 heteroatoms. The van der Waals surface area contributed by atoms with E-state index in [1.54, 1.807) is 28.4 Å². The fourth-order valence-electron chi connectivity index (χ4n) is 2.05. The predicted octanol–water partition coefficient (Wildman–Crippen LogP) is 3.39. The van der Waals surface area contributed by atoms with E-state index in [-0.39, 0.29) is 0 Å². The van der Waals surface area contributed by atoms with Crippen LogP contribution in [0, 0.1) is 0 Å². The van der Waals surface area contributed by atoms with Gasteiger partial charge in [0.25, 0.3) is 0 Å². The summed E-state index contributed by atoms with van der Waals surface area (Å²) < 4.78 is 21.3. The van der Waals surface area contributed by atoms with Gasteiger partial charge in [-0.25, -0.2) is 0 Å².